The lowest BCUT2D eigenvalue weighted by molar-refractivity contribution is 0.238. The summed E-state index contributed by atoms with van der Waals surface area (Å²) in [5, 5.41) is 12.1. The first-order valence-electron chi connectivity index (χ1n) is 7.79. The zero-order valence-corrected chi connectivity index (χ0v) is 13.9. The van der Waals surface area contributed by atoms with Crippen molar-refractivity contribution in [2.75, 3.05) is 0 Å². The number of benzene rings is 1. The van der Waals surface area contributed by atoms with E-state index in [1.165, 1.54) is 45.6 Å². The molecule has 1 fully saturated rings. The van der Waals surface area contributed by atoms with E-state index in [1.54, 1.807) is 0 Å². The molecule has 1 aliphatic carbocycles. The van der Waals surface area contributed by atoms with Gasteiger partial charge in [-0.1, -0.05) is 78.6 Å². The van der Waals surface area contributed by atoms with Crippen LogP contribution >= 0.6 is 8.20 Å². The third-order valence-electron chi connectivity index (χ3n) is 4.04. The molecule has 0 aliphatic heterocycles. The molecule has 1 aromatic rings. The van der Waals surface area contributed by atoms with Gasteiger partial charge in [-0.3, -0.25) is 0 Å². The standard InChI is InChI=1S/C18H27OP/c1-18(2,3)17(20-15-12-8-5-9-13-15)16(19)14-10-6-4-7-11-14/h4,6-7,10-11,15-16,19H,5,8-9,12-13H2,1-3H3/t16-/m1/s1. The predicted octanol–water partition coefficient (Wildman–Crippen LogP) is 5.22. The first-order valence-corrected chi connectivity index (χ1v) is 8.76. The fourth-order valence-corrected chi connectivity index (χ4v) is 4.57. The average Bonchev–Trinajstić information content (AvgIpc) is 2.45. The van der Waals surface area contributed by atoms with Crippen LogP contribution in [0.1, 0.15) is 64.5 Å². The number of rotatable bonds is 3. The van der Waals surface area contributed by atoms with Gasteiger partial charge < -0.3 is 5.11 Å². The molecule has 0 spiro atoms. The second-order valence-corrected chi connectivity index (χ2v) is 8.34. The molecule has 0 amide bonds. The van der Waals surface area contributed by atoms with Crippen LogP contribution < -0.4 is 0 Å². The van der Waals surface area contributed by atoms with Crippen LogP contribution in [0.25, 0.3) is 0 Å². The van der Waals surface area contributed by atoms with Gasteiger partial charge in [0.05, 0.1) is 0 Å². The van der Waals surface area contributed by atoms with Gasteiger partial charge in [-0.25, -0.2) is 0 Å². The molecule has 1 saturated carbocycles. The van der Waals surface area contributed by atoms with Crippen LogP contribution in [0, 0.1) is 5.41 Å². The Balaban J connectivity index is 2.25. The van der Waals surface area contributed by atoms with E-state index < -0.39 is 6.10 Å². The summed E-state index contributed by atoms with van der Waals surface area (Å²) in [5.41, 5.74) is 1.82. The number of hydrogen-bond donors (Lipinski definition) is 1. The molecule has 20 heavy (non-hydrogen) atoms. The van der Waals surface area contributed by atoms with Gasteiger partial charge >= 0.3 is 0 Å². The molecular formula is C18H27OP. The normalized spacial score (nSPS) is 19.9. The Morgan fingerprint density at radius 2 is 1.70 bits per heavy atom. The molecule has 0 unspecified atom stereocenters. The molecule has 110 valence electrons. The average molecular weight is 290 g/mol. The zero-order chi connectivity index (χ0) is 14.6. The highest BCUT2D eigenvalue weighted by molar-refractivity contribution is 7.41. The SMILES string of the molecule is CC(C)(C)C(=PC1CCCCC1)[C@H](O)c1ccccc1. The van der Waals surface area contributed by atoms with Crippen LogP contribution in [0.4, 0.5) is 0 Å². The second kappa shape index (κ2) is 6.87. The van der Waals surface area contributed by atoms with E-state index in [4.69, 9.17) is 0 Å². The van der Waals surface area contributed by atoms with Crippen LogP contribution in [0.5, 0.6) is 0 Å². The highest BCUT2D eigenvalue weighted by atomic mass is 31.1. The third-order valence-corrected chi connectivity index (χ3v) is 6.11. The van der Waals surface area contributed by atoms with Gasteiger partial charge in [0, 0.05) is 5.66 Å². The van der Waals surface area contributed by atoms with Crippen LogP contribution in [0.3, 0.4) is 0 Å². The highest BCUT2D eigenvalue weighted by Crippen LogP contribution is 2.37. The molecule has 1 N–H and O–H groups in total. The zero-order valence-electron chi connectivity index (χ0n) is 13.0. The summed E-state index contributed by atoms with van der Waals surface area (Å²) in [6.45, 7) is 6.68. The molecule has 0 heterocycles. The first kappa shape index (κ1) is 15.7. The van der Waals surface area contributed by atoms with Crippen LogP contribution in [0.2, 0.25) is 0 Å². The van der Waals surface area contributed by atoms with E-state index in [0.29, 0.717) is 0 Å². The predicted molar refractivity (Wildman–Crippen MR) is 89.7 cm³/mol. The van der Waals surface area contributed by atoms with E-state index in [0.717, 1.165) is 11.2 Å². The quantitative estimate of drug-likeness (QED) is 0.757. The number of hydrogen-bond acceptors (Lipinski definition) is 1. The molecule has 0 bridgehead atoms. The van der Waals surface area contributed by atoms with Gasteiger partial charge in [0.25, 0.3) is 0 Å². The molecular weight excluding hydrogens is 263 g/mol. The smallest absolute Gasteiger partial charge is 0.105 e. The van der Waals surface area contributed by atoms with Crippen LogP contribution in [0.15, 0.2) is 30.3 Å². The molecule has 2 heteroatoms. The lowest BCUT2D eigenvalue weighted by Gasteiger charge is -2.30. The van der Waals surface area contributed by atoms with Crippen molar-refractivity contribution < 1.29 is 5.11 Å². The maximum absolute atomic E-state index is 10.8. The van der Waals surface area contributed by atoms with Gasteiger partial charge in [-0.15, -0.1) is 0 Å². The molecule has 1 atom stereocenters. The summed E-state index contributed by atoms with van der Waals surface area (Å²) in [6, 6.07) is 10.1. The van der Waals surface area contributed by atoms with Gasteiger partial charge in [0.15, 0.2) is 0 Å². The lowest BCUT2D eigenvalue weighted by Crippen LogP contribution is -2.26. The Labute approximate surface area is 125 Å². The highest BCUT2D eigenvalue weighted by Gasteiger charge is 2.27. The lowest BCUT2D eigenvalue weighted by atomic mass is 9.86. The summed E-state index contributed by atoms with van der Waals surface area (Å²) >= 11 is 0. The van der Waals surface area contributed by atoms with Crippen molar-refractivity contribution >= 4 is 13.5 Å². The van der Waals surface area contributed by atoms with Gasteiger partial charge in [-0.05, 0) is 29.1 Å². The maximum Gasteiger partial charge on any atom is 0.105 e. The van der Waals surface area contributed by atoms with E-state index in [-0.39, 0.29) is 5.41 Å². The molecule has 1 aromatic carbocycles. The van der Waals surface area contributed by atoms with Crippen LogP contribution in [-0.4, -0.2) is 16.1 Å². The molecule has 2 rings (SSSR count). The molecule has 0 saturated heterocycles. The van der Waals surface area contributed by atoms with Crippen molar-refractivity contribution in [2.45, 2.75) is 64.6 Å². The molecule has 0 radical (unpaired) electrons. The van der Waals surface area contributed by atoms with E-state index in [9.17, 15) is 5.11 Å². The van der Waals surface area contributed by atoms with Crippen molar-refractivity contribution in [2.24, 2.45) is 5.41 Å². The summed E-state index contributed by atoms with van der Waals surface area (Å²) < 4.78 is 0. The fourth-order valence-electron chi connectivity index (χ4n) is 2.87. The monoisotopic (exact) mass is 290 g/mol. The van der Waals surface area contributed by atoms with Crippen molar-refractivity contribution in [3.63, 3.8) is 0 Å². The minimum absolute atomic E-state index is 0.0499. The van der Waals surface area contributed by atoms with E-state index in [2.05, 4.69) is 20.8 Å². The fraction of sp³-hybridized carbons (Fsp3) is 0.611. The number of aliphatic hydroxyl groups is 1. The van der Waals surface area contributed by atoms with Gasteiger partial charge in [-0.2, -0.15) is 0 Å². The maximum atomic E-state index is 10.8. The summed E-state index contributed by atoms with van der Waals surface area (Å²) in [6.07, 6.45) is 6.32. The largest absolute Gasteiger partial charge is 0.384 e. The Kier molecular flexibility index (Phi) is 5.41. The van der Waals surface area contributed by atoms with E-state index in [1.807, 2.05) is 30.3 Å². The van der Waals surface area contributed by atoms with Crippen molar-refractivity contribution in [1.82, 2.24) is 0 Å². The summed E-state index contributed by atoms with van der Waals surface area (Å²) in [5.74, 6) is 0. The molecule has 0 aromatic heterocycles. The Morgan fingerprint density at radius 1 is 1.10 bits per heavy atom. The van der Waals surface area contributed by atoms with Crippen molar-refractivity contribution in [3.8, 4) is 0 Å². The van der Waals surface area contributed by atoms with E-state index >= 15 is 0 Å². The van der Waals surface area contributed by atoms with Crippen LogP contribution in [-0.2, 0) is 0 Å². The topological polar surface area (TPSA) is 20.2 Å². The van der Waals surface area contributed by atoms with Gasteiger partial charge in [0.2, 0.25) is 0 Å². The minimum atomic E-state index is -0.431. The first-order chi connectivity index (χ1) is 9.48. The Hall–Kier alpha value is -0.650. The summed E-state index contributed by atoms with van der Waals surface area (Å²) in [7, 11) is 1.37. The second-order valence-electron chi connectivity index (χ2n) is 6.87. The van der Waals surface area contributed by atoms with Crippen molar-refractivity contribution in [1.29, 1.82) is 0 Å². The molecule has 1 nitrogen and oxygen atoms in total. The third kappa shape index (κ3) is 4.17. The number of aliphatic hydroxyl groups excluding tert-OH is 1. The summed E-state index contributed by atoms with van der Waals surface area (Å²) in [4.78, 5) is 0. The molecule has 1 aliphatic rings. The minimum Gasteiger partial charge on any atom is -0.384 e. The Bertz CT molecular complexity index is 438. The van der Waals surface area contributed by atoms with Gasteiger partial charge in [0.1, 0.15) is 6.10 Å². The van der Waals surface area contributed by atoms with Crippen molar-refractivity contribution in [3.05, 3.63) is 35.9 Å². The Morgan fingerprint density at radius 3 is 2.25 bits per heavy atom.